The standard InChI is InChI=1S/C15H15ClFNO/c1-19-14-8-3-2-5-11(14)9-18-10-12-6-4-7-13(16)15(12)17/h2-8,18H,9-10H2,1H3. The number of rotatable bonds is 5. The highest BCUT2D eigenvalue weighted by Crippen LogP contribution is 2.19. The molecule has 0 aromatic heterocycles. The van der Waals surface area contributed by atoms with Crippen LogP contribution >= 0.6 is 11.6 Å². The van der Waals surface area contributed by atoms with Gasteiger partial charge in [-0.2, -0.15) is 0 Å². The van der Waals surface area contributed by atoms with Gasteiger partial charge in [-0.05, 0) is 12.1 Å². The fourth-order valence-corrected chi connectivity index (χ4v) is 2.06. The van der Waals surface area contributed by atoms with Gasteiger partial charge in [0.2, 0.25) is 0 Å². The quantitative estimate of drug-likeness (QED) is 0.899. The number of ether oxygens (including phenoxy) is 1. The average Bonchev–Trinajstić information content (AvgIpc) is 2.44. The van der Waals surface area contributed by atoms with Crippen molar-refractivity contribution in [2.45, 2.75) is 13.1 Å². The number of halogens is 2. The molecule has 1 N–H and O–H groups in total. The second-order valence-corrected chi connectivity index (χ2v) is 4.54. The molecule has 0 bridgehead atoms. The van der Waals surface area contributed by atoms with Crippen LogP contribution in [0.4, 0.5) is 4.39 Å². The first kappa shape index (κ1) is 13.8. The summed E-state index contributed by atoms with van der Waals surface area (Å²) in [6, 6.07) is 12.7. The smallest absolute Gasteiger partial charge is 0.146 e. The van der Waals surface area contributed by atoms with E-state index < -0.39 is 0 Å². The lowest BCUT2D eigenvalue weighted by atomic mass is 10.2. The third kappa shape index (κ3) is 3.46. The maximum Gasteiger partial charge on any atom is 0.146 e. The molecule has 100 valence electrons. The van der Waals surface area contributed by atoms with Crippen LogP contribution in [0.3, 0.4) is 0 Å². The molecule has 19 heavy (non-hydrogen) atoms. The summed E-state index contributed by atoms with van der Waals surface area (Å²) in [5.74, 6) is 0.457. The third-order valence-corrected chi connectivity index (χ3v) is 3.15. The summed E-state index contributed by atoms with van der Waals surface area (Å²) >= 11 is 5.73. The molecule has 4 heteroatoms. The summed E-state index contributed by atoms with van der Waals surface area (Å²) < 4.78 is 18.9. The lowest BCUT2D eigenvalue weighted by Gasteiger charge is -2.10. The molecule has 2 aromatic carbocycles. The topological polar surface area (TPSA) is 21.3 Å². The molecule has 0 spiro atoms. The molecule has 0 saturated carbocycles. The summed E-state index contributed by atoms with van der Waals surface area (Å²) in [7, 11) is 1.63. The second kappa shape index (κ2) is 6.55. The Bertz CT molecular complexity index is 560. The monoisotopic (exact) mass is 279 g/mol. The fourth-order valence-electron chi connectivity index (χ4n) is 1.87. The molecule has 0 saturated heterocycles. The van der Waals surface area contributed by atoms with Crippen molar-refractivity contribution in [3.8, 4) is 5.75 Å². The van der Waals surface area contributed by atoms with Crippen LogP contribution in [0.15, 0.2) is 42.5 Å². The minimum atomic E-state index is -0.364. The molecule has 0 fully saturated rings. The van der Waals surface area contributed by atoms with Gasteiger partial charge in [0.15, 0.2) is 0 Å². The zero-order chi connectivity index (χ0) is 13.7. The predicted octanol–water partition coefficient (Wildman–Crippen LogP) is 3.78. The Kier molecular flexibility index (Phi) is 4.77. The molecule has 0 atom stereocenters. The van der Waals surface area contributed by atoms with Crippen LogP contribution in [0.25, 0.3) is 0 Å². The number of hydrogen-bond donors (Lipinski definition) is 1. The molecule has 2 rings (SSSR count). The van der Waals surface area contributed by atoms with E-state index in [9.17, 15) is 4.39 Å². The minimum Gasteiger partial charge on any atom is -0.496 e. The first-order valence-electron chi connectivity index (χ1n) is 5.98. The van der Waals surface area contributed by atoms with Gasteiger partial charge >= 0.3 is 0 Å². The van der Waals surface area contributed by atoms with Crippen molar-refractivity contribution in [1.82, 2.24) is 5.32 Å². The Morgan fingerprint density at radius 1 is 1.05 bits per heavy atom. The summed E-state index contributed by atoms with van der Waals surface area (Å²) in [4.78, 5) is 0. The van der Waals surface area contributed by atoms with Gasteiger partial charge in [-0.1, -0.05) is 41.9 Å². The number of para-hydroxylation sites is 1. The molecule has 0 amide bonds. The molecule has 0 unspecified atom stereocenters. The summed E-state index contributed by atoms with van der Waals surface area (Å²) in [5.41, 5.74) is 1.59. The Balaban J connectivity index is 1.98. The summed E-state index contributed by atoms with van der Waals surface area (Å²) in [6.45, 7) is 1.03. The van der Waals surface area contributed by atoms with E-state index >= 15 is 0 Å². The zero-order valence-corrected chi connectivity index (χ0v) is 11.4. The van der Waals surface area contributed by atoms with E-state index in [0.717, 1.165) is 11.3 Å². The first-order chi connectivity index (χ1) is 9.22. The van der Waals surface area contributed by atoms with E-state index in [1.54, 1.807) is 25.3 Å². The Labute approximate surface area is 117 Å². The van der Waals surface area contributed by atoms with Gasteiger partial charge in [0.05, 0.1) is 12.1 Å². The van der Waals surface area contributed by atoms with E-state index in [1.807, 2.05) is 24.3 Å². The van der Waals surface area contributed by atoms with Gasteiger partial charge in [-0.25, -0.2) is 4.39 Å². The van der Waals surface area contributed by atoms with Crippen LogP contribution in [0, 0.1) is 5.82 Å². The van der Waals surface area contributed by atoms with Crippen molar-refractivity contribution in [2.75, 3.05) is 7.11 Å². The highest BCUT2D eigenvalue weighted by Gasteiger charge is 2.06. The SMILES string of the molecule is COc1ccccc1CNCc1cccc(Cl)c1F. The van der Waals surface area contributed by atoms with Gasteiger partial charge in [0.25, 0.3) is 0 Å². The van der Waals surface area contributed by atoms with Crippen LogP contribution < -0.4 is 10.1 Å². The van der Waals surface area contributed by atoms with Crippen LogP contribution in [-0.2, 0) is 13.1 Å². The predicted molar refractivity (Wildman–Crippen MR) is 74.9 cm³/mol. The van der Waals surface area contributed by atoms with Crippen LogP contribution in [-0.4, -0.2) is 7.11 Å². The van der Waals surface area contributed by atoms with Gasteiger partial charge in [-0.15, -0.1) is 0 Å². The maximum absolute atomic E-state index is 13.7. The highest BCUT2D eigenvalue weighted by molar-refractivity contribution is 6.30. The lowest BCUT2D eigenvalue weighted by molar-refractivity contribution is 0.407. The Morgan fingerprint density at radius 2 is 1.74 bits per heavy atom. The molecular formula is C15H15ClFNO. The number of methoxy groups -OCH3 is 1. The van der Waals surface area contributed by atoms with Gasteiger partial charge in [0, 0.05) is 24.2 Å². The third-order valence-electron chi connectivity index (χ3n) is 2.85. The normalized spacial score (nSPS) is 10.5. The number of benzene rings is 2. The maximum atomic E-state index is 13.7. The minimum absolute atomic E-state index is 0.150. The number of hydrogen-bond acceptors (Lipinski definition) is 2. The van der Waals surface area contributed by atoms with E-state index in [-0.39, 0.29) is 10.8 Å². The fraction of sp³-hybridized carbons (Fsp3) is 0.200. The molecule has 0 aliphatic rings. The van der Waals surface area contributed by atoms with Crippen molar-refractivity contribution < 1.29 is 9.13 Å². The van der Waals surface area contributed by atoms with Gasteiger partial charge in [-0.3, -0.25) is 0 Å². The molecule has 0 aliphatic heterocycles. The van der Waals surface area contributed by atoms with E-state index in [1.165, 1.54) is 0 Å². The molecule has 2 aromatic rings. The Morgan fingerprint density at radius 3 is 2.53 bits per heavy atom. The van der Waals surface area contributed by atoms with Crippen molar-refractivity contribution in [3.63, 3.8) is 0 Å². The molecule has 2 nitrogen and oxygen atoms in total. The molecule has 0 radical (unpaired) electrons. The van der Waals surface area contributed by atoms with E-state index in [4.69, 9.17) is 16.3 Å². The second-order valence-electron chi connectivity index (χ2n) is 4.13. The van der Waals surface area contributed by atoms with E-state index in [0.29, 0.717) is 18.7 Å². The van der Waals surface area contributed by atoms with E-state index in [2.05, 4.69) is 5.32 Å². The highest BCUT2D eigenvalue weighted by atomic mass is 35.5. The molecular weight excluding hydrogens is 265 g/mol. The van der Waals surface area contributed by atoms with Crippen LogP contribution in [0.5, 0.6) is 5.75 Å². The van der Waals surface area contributed by atoms with Gasteiger partial charge in [0.1, 0.15) is 11.6 Å². The van der Waals surface area contributed by atoms with Crippen LogP contribution in [0.2, 0.25) is 5.02 Å². The largest absolute Gasteiger partial charge is 0.496 e. The van der Waals surface area contributed by atoms with Crippen molar-refractivity contribution in [1.29, 1.82) is 0 Å². The van der Waals surface area contributed by atoms with Crippen molar-refractivity contribution >= 4 is 11.6 Å². The first-order valence-corrected chi connectivity index (χ1v) is 6.35. The van der Waals surface area contributed by atoms with Crippen LogP contribution in [0.1, 0.15) is 11.1 Å². The summed E-state index contributed by atoms with van der Waals surface area (Å²) in [5, 5.41) is 3.33. The van der Waals surface area contributed by atoms with Crippen molar-refractivity contribution in [3.05, 3.63) is 64.4 Å². The average molecular weight is 280 g/mol. The number of nitrogens with one attached hydrogen (secondary N) is 1. The molecule has 0 heterocycles. The van der Waals surface area contributed by atoms with Gasteiger partial charge < -0.3 is 10.1 Å². The Hall–Kier alpha value is -1.58. The lowest BCUT2D eigenvalue weighted by Crippen LogP contribution is -2.14. The van der Waals surface area contributed by atoms with Crippen molar-refractivity contribution in [2.24, 2.45) is 0 Å². The molecule has 0 aliphatic carbocycles. The zero-order valence-electron chi connectivity index (χ0n) is 10.6. The summed E-state index contributed by atoms with van der Waals surface area (Å²) in [6.07, 6.45) is 0.